The van der Waals surface area contributed by atoms with Crippen molar-refractivity contribution in [1.29, 1.82) is 0 Å². The highest BCUT2D eigenvalue weighted by molar-refractivity contribution is 7.95. The SMILES string of the molecule is Cc1ccc([C@@H]2C(S(=O)(=O)c3ccc(C)cc3)=C(C(F)(F)F)O[C@H]2C(=O)c2ccccc2)cc1. The summed E-state index contributed by atoms with van der Waals surface area (Å²) in [5, 5.41) is 0. The molecule has 8 heteroatoms. The lowest BCUT2D eigenvalue weighted by Gasteiger charge is -2.21. The monoisotopic (exact) mass is 486 g/mol. The number of hydrogen-bond donors (Lipinski definition) is 0. The summed E-state index contributed by atoms with van der Waals surface area (Å²) in [4.78, 5) is 12.1. The van der Waals surface area contributed by atoms with Crippen LogP contribution in [0.3, 0.4) is 0 Å². The summed E-state index contributed by atoms with van der Waals surface area (Å²) in [7, 11) is -4.66. The Bertz CT molecular complexity index is 1340. The first kappa shape index (κ1) is 23.8. The van der Waals surface area contributed by atoms with Gasteiger partial charge >= 0.3 is 6.18 Å². The van der Waals surface area contributed by atoms with Gasteiger partial charge in [0.2, 0.25) is 21.4 Å². The van der Waals surface area contributed by atoms with E-state index in [2.05, 4.69) is 0 Å². The maximum atomic E-state index is 14.2. The van der Waals surface area contributed by atoms with Gasteiger partial charge in [-0.1, -0.05) is 77.9 Å². The molecular formula is C26H21F3O4S. The minimum atomic E-state index is -5.12. The average molecular weight is 487 g/mol. The third-order valence-corrected chi connectivity index (χ3v) is 7.60. The van der Waals surface area contributed by atoms with E-state index in [1.807, 2.05) is 0 Å². The van der Waals surface area contributed by atoms with E-state index in [4.69, 9.17) is 4.74 Å². The zero-order valence-electron chi connectivity index (χ0n) is 18.3. The number of aryl methyl sites for hydroxylation is 2. The van der Waals surface area contributed by atoms with Gasteiger partial charge in [-0.25, -0.2) is 8.42 Å². The van der Waals surface area contributed by atoms with Crippen molar-refractivity contribution >= 4 is 15.6 Å². The lowest BCUT2D eigenvalue weighted by molar-refractivity contribution is -0.131. The lowest BCUT2D eigenvalue weighted by Crippen LogP contribution is -2.29. The Morgan fingerprint density at radius 1 is 0.824 bits per heavy atom. The molecule has 3 aromatic rings. The first-order chi connectivity index (χ1) is 16.0. The number of alkyl halides is 3. The standard InChI is InChI=1S/C26H21F3O4S/c1-16-8-12-18(13-9-16)21-23(22(30)19-6-4-3-5-7-19)33-25(26(27,28)29)24(21)34(31,32)20-14-10-17(2)11-15-20/h3-15,21,23H,1-2H3/t21-,23+/m0/s1. The average Bonchev–Trinajstić information content (AvgIpc) is 3.22. The molecule has 0 saturated carbocycles. The number of halogens is 3. The predicted molar refractivity (Wildman–Crippen MR) is 121 cm³/mol. The van der Waals surface area contributed by atoms with Gasteiger partial charge in [0.15, 0.2) is 6.10 Å². The molecule has 0 aromatic heterocycles. The fourth-order valence-electron chi connectivity index (χ4n) is 3.94. The van der Waals surface area contributed by atoms with E-state index < -0.39 is 44.5 Å². The van der Waals surface area contributed by atoms with Gasteiger partial charge in [-0.15, -0.1) is 0 Å². The molecule has 176 valence electrons. The van der Waals surface area contributed by atoms with Gasteiger partial charge in [0.25, 0.3) is 0 Å². The van der Waals surface area contributed by atoms with Crippen molar-refractivity contribution in [3.05, 3.63) is 112 Å². The Kier molecular flexibility index (Phi) is 6.12. The van der Waals surface area contributed by atoms with Crippen LogP contribution in [0.15, 0.2) is 94.4 Å². The molecular weight excluding hydrogens is 465 g/mol. The molecule has 1 aliphatic heterocycles. The summed E-state index contributed by atoms with van der Waals surface area (Å²) in [5.41, 5.74) is 1.94. The number of carbonyl (C=O) groups is 1. The van der Waals surface area contributed by atoms with Crippen LogP contribution in [0.4, 0.5) is 13.2 Å². The van der Waals surface area contributed by atoms with Crippen LogP contribution in [0.2, 0.25) is 0 Å². The molecule has 0 spiro atoms. The Labute approximate surface area is 195 Å². The first-order valence-corrected chi connectivity index (χ1v) is 11.9. The third kappa shape index (κ3) is 4.37. The second-order valence-corrected chi connectivity index (χ2v) is 10.1. The molecule has 2 atom stereocenters. The number of ether oxygens (including phenoxy) is 1. The smallest absolute Gasteiger partial charge is 0.450 e. The minimum Gasteiger partial charge on any atom is -0.475 e. The van der Waals surface area contributed by atoms with Crippen molar-refractivity contribution in [3.63, 3.8) is 0 Å². The van der Waals surface area contributed by atoms with Crippen LogP contribution in [-0.4, -0.2) is 26.5 Å². The normalized spacial score (nSPS) is 18.6. The van der Waals surface area contributed by atoms with Gasteiger partial charge in [0.1, 0.15) is 4.91 Å². The fraction of sp³-hybridized carbons (Fsp3) is 0.192. The van der Waals surface area contributed by atoms with E-state index in [1.165, 1.54) is 48.5 Å². The highest BCUT2D eigenvalue weighted by atomic mass is 32.2. The largest absolute Gasteiger partial charge is 0.475 e. The second kappa shape index (κ2) is 8.76. The van der Waals surface area contributed by atoms with Gasteiger partial charge in [-0.05, 0) is 31.5 Å². The van der Waals surface area contributed by atoms with Crippen LogP contribution in [0, 0.1) is 13.8 Å². The van der Waals surface area contributed by atoms with Gasteiger partial charge < -0.3 is 4.74 Å². The number of allylic oxidation sites excluding steroid dienone is 1. The predicted octanol–water partition coefficient (Wildman–Crippen LogP) is 5.92. The topological polar surface area (TPSA) is 60.4 Å². The number of carbonyl (C=O) groups excluding carboxylic acids is 1. The summed E-state index contributed by atoms with van der Waals surface area (Å²) in [6.45, 7) is 3.53. The molecule has 0 amide bonds. The van der Waals surface area contributed by atoms with E-state index in [9.17, 15) is 26.4 Å². The van der Waals surface area contributed by atoms with Crippen LogP contribution >= 0.6 is 0 Å². The number of ketones is 1. The van der Waals surface area contributed by atoms with Crippen LogP contribution in [0.25, 0.3) is 0 Å². The molecule has 1 heterocycles. The molecule has 34 heavy (non-hydrogen) atoms. The van der Waals surface area contributed by atoms with Crippen LogP contribution in [-0.2, 0) is 14.6 Å². The Morgan fingerprint density at radius 3 is 1.88 bits per heavy atom. The molecule has 1 aliphatic rings. The number of benzene rings is 3. The molecule has 0 N–H and O–H groups in total. The fourth-order valence-corrected chi connectivity index (χ4v) is 5.69. The van der Waals surface area contributed by atoms with E-state index in [0.717, 1.165) is 11.1 Å². The van der Waals surface area contributed by atoms with Crippen molar-refractivity contribution in [2.24, 2.45) is 0 Å². The van der Waals surface area contributed by atoms with E-state index in [-0.39, 0.29) is 16.0 Å². The van der Waals surface area contributed by atoms with Crippen molar-refractivity contribution in [2.75, 3.05) is 0 Å². The van der Waals surface area contributed by atoms with Crippen molar-refractivity contribution < 1.29 is 31.1 Å². The van der Waals surface area contributed by atoms with Crippen molar-refractivity contribution in [2.45, 2.75) is 36.9 Å². The zero-order valence-corrected chi connectivity index (χ0v) is 19.2. The van der Waals surface area contributed by atoms with Crippen molar-refractivity contribution in [1.82, 2.24) is 0 Å². The highest BCUT2D eigenvalue weighted by Crippen LogP contribution is 2.49. The minimum absolute atomic E-state index is 0.125. The van der Waals surface area contributed by atoms with Crippen LogP contribution in [0.1, 0.15) is 33.0 Å². The maximum absolute atomic E-state index is 14.2. The molecule has 4 rings (SSSR count). The highest BCUT2D eigenvalue weighted by Gasteiger charge is 2.55. The summed E-state index contributed by atoms with van der Waals surface area (Å²) >= 11 is 0. The molecule has 0 bridgehead atoms. The quantitative estimate of drug-likeness (QED) is 0.420. The van der Waals surface area contributed by atoms with Crippen molar-refractivity contribution in [3.8, 4) is 0 Å². The molecule has 0 aliphatic carbocycles. The zero-order chi connectivity index (χ0) is 24.7. The lowest BCUT2D eigenvalue weighted by atomic mass is 9.89. The molecule has 0 saturated heterocycles. The summed E-state index contributed by atoms with van der Waals surface area (Å²) in [6, 6.07) is 19.6. The third-order valence-electron chi connectivity index (χ3n) is 5.69. The van der Waals surface area contributed by atoms with Crippen LogP contribution in [0.5, 0.6) is 0 Å². The molecule has 0 unspecified atom stereocenters. The Balaban J connectivity index is 1.96. The Morgan fingerprint density at radius 2 is 1.35 bits per heavy atom. The van der Waals surface area contributed by atoms with E-state index in [0.29, 0.717) is 0 Å². The first-order valence-electron chi connectivity index (χ1n) is 10.5. The van der Waals surface area contributed by atoms with E-state index in [1.54, 1.807) is 44.2 Å². The summed E-state index contributed by atoms with van der Waals surface area (Å²) < 4.78 is 74.9. The number of rotatable bonds is 5. The molecule has 3 aromatic carbocycles. The Hall–Kier alpha value is -3.39. The summed E-state index contributed by atoms with van der Waals surface area (Å²) in [6.07, 6.45) is -6.82. The number of hydrogen-bond acceptors (Lipinski definition) is 4. The van der Waals surface area contributed by atoms with Crippen LogP contribution < -0.4 is 0 Å². The number of sulfone groups is 1. The maximum Gasteiger partial charge on any atom is 0.450 e. The molecule has 0 fully saturated rings. The second-order valence-electron chi connectivity index (χ2n) is 8.16. The van der Waals surface area contributed by atoms with Gasteiger partial charge in [-0.2, -0.15) is 13.2 Å². The summed E-state index contributed by atoms with van der Waals surface area (Å²) in [5.74, 6) is -3.87. The van der Waals surface area contributed by atoms with Gasteiger partial charge in [0, 0.05) is 5.56 Å². The van der Waals surface area contributed by atoms with Gasteiger partial charge in [-0.3, -0.25) is 4.79 Å². The molecule has 4 nitrogen and oxygen atoms in total. The van der Waals surface area contributed by atoms with E-state index >= 15 is 0 Å². The van der Waals surface area contributed by atoms with Gasteiger partial charge in [0.05, 0.1) is 10.8 Å². The molecule has 0 radical (unpaired) electrons. The number of Topliss-reactive ketones (excluding diaryl/α,β-unsaturated/α-hetero) is 1.